The SMILES string of the molecule is N#Cc1c(-c2ccc(NS(=O)C3CC3)cc2)n(C2CCC2)c2cc(OC(F)F)ccc12. The highest BCUT2D eigenvalue weighted by Gasteiger charge is 2.29. The van der Waals surface area contributed by atoms with Crippen molar-refractivity contribution in [2.45, 2.75) is 50.0 Å². The highest BCUT2D eigenvalue weighted by Crippen LogP contribution is 2.43. The summed E-state index contributed by atoms with van der Waals surface area (Å²) >= 11 is 0. The van der Waals surface area contributed by atoms with E-state index < -0.39 is 17.6 Å². The largest absolute Gasteiger partial charge is 0.435 e. The van der Waals surface area contributed by atoms with E-state index in [-0.39, 0.29) is 17.0 Å². The van der Waals surface area contributed by atoms with Crippen molar-refractivity contribution in [3.05, 3.63) is 48.0 Å². The van der Waals surface area contributed by atoms with E-state index in [1.54, 1.807) is 12.1 Å². The molecule has 3 aromatic rings. The molecule has 5 rings (SSSR count). The van der Waals surface area contributed by atoms with Gasteiger partial charge in [-0.15, -0.1) is 0 Å². The Labute approximate surface area is 181 Å². The van der Waals surface area contributed by atoms with E-state index >= 15 is 0 Å². The molecule has 0 bridgehead atoms. The molecule has 2 aliphatic rings. The van der Waals surface area contributed by atoms with Crippen molar-refractivity contribution in [2.24, 2.45) is 0 Å². The number of nitrogens with one attached hydrogen (secondary N) is 1. The van der Waals surface area contributed by atoms with Crippen molar-refractivity contribution in [3.8, 4) is 23.1 Å². The van der Waals surface area contributed by atoms with Crippen LogP contribution in [0.3, 0.4) is 0 Å². The molecule has 1 N–H and O–H groups in total. The summed E-state index contributed by atoms with van der Waals surface area (Å²) in [7, 11) is -1.08. The number of alkyl halides is 2. The second-order valence-corrected chi connectivity index (χ2v) is 9.49. The molecule has 1 aromatic heterocycles. The van der Waals surface area contributed by atoms with Crippen molar-refractivity contribution < 1.29 is 17.7 Å². The van der Waals surface area contributed by atoms with Gasteiger partial charge < -0.3 is 14.0 Å². The predicted molar refractivity (Wildman–Crippen MR) is 116 cm³/mol. The number of hydrogen-bond donors (Lipinski definition) is 1. The third kappa shape index (κ3) is 3.79. The van der Waals surface area contributed by atoms with Crippen LogP contribution in [-0.2, 0) is 11.0 Å². The molecule has 8 heteroatoms. The third-order valence-electron chi connectivity index (χ3n) is 5.96. The number of halogens is 2. The summed E-state index contributed by atoms with van der Waals surface area (Å²) in [6, 6.07) is 14.8. The van der Waals surface area contributed by atoms with E-state index in [9.17, 15) is 18.3 Å². The molecular weight excluding hydrogens is 420 g/mol. The number of nitrogens with zero attached hydrogens (tertiary/aromatic N) is 2. The first kappa shape index (κ1) is 20.0. The van der Waals surface area contributed by atoms with E-state index in [0.717, 1.165) is 60.0 Å². The molecular formula is C23H21F2N3O2S. The van der Waals surface area contributed by atoms with E-state index in [0.29, 0.717) is 5.56 Å². The zero-order chi connectivity index (χ0) is 21.5. The van der Waals surface area contributed by atoms with Crippen LogP contribution in [0, 0.1) is 11.3 Å². The summed E-state index contributed by atoms with van der Waals surface area (Å²) < 4.78 is 47.4. The third-order valence-corrected chi connectivity index (χ3v) is 7.47. The van der Waals surface area contributed by atoms with Crippen LogP contribution in [0.1, 0.15) is 43.7 Å². The lowest BCUT2D eigenvalue weighted by Crippen LogP contribution is -2.18. The molecule has 0 saturated heterocycles. The van der Waals surface area contributed by atoms with Crippen molar-refractivity contribution in [1.29, 1.82) is 5.26 Å². The Morgan fingerprint density at radius 2 is 1.87 bits per heavy atom. The predicted octanol–water partition coefficient (Wildman–Crippen LogP) is 5.74. The highest BCUT2D eigenvalue weighted by atomic mass is 32.2. The molecule has 5 nitrogen and oxygen atoms in total. The number of fused-ring (bicyclic) bond motifs is 1. The Morgan fingerprint density at radius 3 is 2.45 bits per heavy atom. The van der Waals surface area contributed by atoms with Crippen molar-refractivity contribution in [3.63, 3.8) is 0 Å². The normalized spacial score (nSPS) is 17.4. The number of rotatable bonds is 7. The van der Waals surface area contributed by atoms with Gasteiger partial charge in [0.2, 0.25) is 0 Å². The summed E-state index contributed by atoms with van der Waals surface area (Å²) in [5.74, 6) is 0.0821. The Kier molecular flexibility index (Phi) is 5.14. The second kappa shape index (κ2) is 7.97. The van der Waals surface area contributed by atoms with Crippen LogP contribution in [0.25, 0.3) is 22.2 Å². The Hall–Kier alpha value is -2.92. The molecule has 2 saturated carbocycles. The number of aromatic nitrogens is 1. The fourth-order valence-electron chi connectivity index (χ4n) is 4.07. The van der Waals surface area contributed by atoms with Gasteiger partial charge in [0.25, 0.3) is 0 Å². The molecule has 0 radical (unpaired) electrons. The minimum atomic E-state index is -2.90. The standard InChI is InChI=1S/C23H21F2N3O2S/c24-23(25)30-17-8-11-19-20(13-26)22(28(21(19)12-17)16-2-1-3-16)14-4-6-15(7-5-14)27-31(29)18-9-10-18/h4-8,11-12,16,18,23,27H,1-3,9-10H2. The molecule has 0 spiro atoms. The Balaban J connectivity index is 1.59. The van der Waals surface area contributed by atoms with Gasteiger partial charge >= 0.3 is 6.61 Å². The smallest absolute Gasteiger partial charge is 0.387 e. The lowest BCUT2D eigenvalue weighted by molar-refractivity contribution is -0.0497. The maximum absolute atomic E-state index is 12.7. The van der Waals surface area contributed by atoms with Crippen molar-refractivity contribution in [2.75, 3.05) is 4.72 Å². The van der Waals surface area contributed by atoms with Gasteiger partial charge in [-0.25, -0.2) is 4.21 Å². The zero-order valence-corrected chi connectivity index (χ0v) is 17.5. The quantitative estimate of drug-likeness (QED) is 0.508. The fraction of sp³-hybridized carbons (Fsp3) is 0.348. The summed E-state index contributed by atoms with van der Waals surface area (Å²) in [5, 5.41) is 10.9. The van der Waals surface area contributed by atoms with Gasteiger partial charge in [-0.1, -0.05) is 12.1 Å². The summed E-state index contributed by atoms with van der Waals surface area (Å²) in [4.78, 5) is 0. The summed E-state index contributed by atoms with van der Waals surface area (Å²) in [6.07, 6.45) is 5.02. The number of ether oxygens (including phenoxy) is 1. The van der Waals surface area contributed by atoms with Crippen LogP contribution in [0.4, 0.5) is 14.5 Å². The van der Waals surface area contributed by atoms with Crippen LogP contribution < -0.4 is 9.46 Å². The fourth-order valence-corrected chi connectivity index (χ4v) is 5.16. The number of anilines is 1. The van der Waals surface area contributed by atoms with Crippen LogP contribution in [0.15, 0.2) is 42.5 Å². The van der Waals surface area contributed by atoms with Gasteiger partial charge in [0.05, 0.1) is 22.0 Å². The minimum Gasteiger partial charge on any atom is -0.435 e. The molecule has 0 aliphatic heterocycles. The average molecular weight is 442 g/mol. The minimum absolute atomic E-state index is 0.0821. The molecule has 2 fully saturated rings. The van der Waals surface area contributed by atoms with Crippen molar-refractivity contribution >= 4 is 27.6 Å². The first-order valence-electron chi connectivity index (χ1n) is 10.4. The van der Waals surface area contributed by atoms with Gasteiger partial charge in [-0.05, 0) is 61.9 Å². The topological polar surface area (TPSA) is 67.0 Å². The molecule has 0 amide bonds. The van der Waals surface area contributed by atoms with Crippen LogP contribution >= 0.6 is 0 Å². The lowest BCUT2D eigenvalue weighted by Gasteiger charge is -2.30. The van der Waals surface area contributed by atoms with Gasteiger partial charge in [-0.2, -0.15) is 14.0 Å². The first-order valence-corrected chi connectivity index (χ1v) is 11.6. The molecule has 1 unspecified atom stereocenters. The summed E-state index contributed by atoms with van der Waals surface area (Å²) in [6.45, 7) is -2.90. The molecule has 31 heavy (non-hydrogen) atoms. The molecule has 160 valence electrons. The van der Waals surface area contributed by atoms with Crippen LogP contribution in [0.2, 0.25) is 0 Å². The number of benzene rings is 2. The van der Waals surface area contributed by atoms with Gasteiger partial charge in [-0.3, -0.25) is 0 Å². The highest BCUT2D eigenvalue weighted by molar-refractivity contribution is 7.87. The number of nitriles is 1. The lowest BCUT2D eigenvalue weighted by atomic mass is 9.92. The maximum Gasteiger partial charge on any atom is 0.387 e. The second-order valence-electron chi connectivity index (χ2n) is 8.02. The Morgan fingerprint density at radius 1 is 1.13 bits per heavy atom. The van der Waals surface area contributed by atoms with E-state index in [1.807, 2.05) is 24.3 Å². The molecule has 2 aromatic carbocycles. The van der Waals surface area contributed by atoms with E-state index in [4.69, 9.17) is 0 Å². The average Bonchev–Trinajstić information content (AvgIpc) is 3.51. The van der Waals surface area contributed by atoms with Gasteiger partial charge in [0.15, 0.2) is 0 Å². The van der Waals surface area contributed by atoms with Crippen LogP contribution in [0.5, 0.6) is 5.75 Å². The maximum atomic E-state index is 12.7. The van der Waals surface area contributed by atoms with Gasteiger partial charge in [0, 0.05) is 23.2 Å². The van der Waals surface area contributed by atoms with E-state index in [1.165, 1.54) is 6.07 Å². The van der Waals surface area contributed by atoms with Gasteiger partial charge in [0.1, 0.15) is 22.8 Å². The number of hydrogen-bond acceptors (Lipinski definition) is 3. The van der Waals surface area contributed by atoms with Crippen LogP contribution in [-0.4, -0.2) is 20.6 Å². The molecule has 1 heterocycles. The zero-order valence-electron chi connectivity index (χ0n) is 16.7. The van der Waals surface area contributed by atoms with Crippen molar-refractivity contribution in [1.82, 2.24) is 4.57 Å². The van der Waals surface area contributed by atoms with E-state index in [2.05, 4.69) is 20.1 Å². The molecule has 2 aliphatic carbocycles. The molecule has 1 atom stereocenters. The Bertz CT molecular complexity index is 1190. The summed E-state index contributed by atoms with van der Waals surface area (Å²) in [5.41, 5.74) is 3.66. The monoisotopic (exact) mass is 441 g/mol. The first-order chi connectivity index (χ1) is 15.0.